The molecule has 2 aromatic rings. The average molecular weight is 290 g/mol. The van der Waals surface area contributed by atoms with Crippen LogP contribution in [0, 0.1) is 0 Å². The summed E-state index contributed by atoms with van der Waals surface area (Å²) in [6, 6.07) is 5.61. The summed E-state index contributed by atoms with van der Waals surface area (Å²) < 4.78 is 0. The number of hydrogen-bond acceptors (Lipinski definition) is 6. The molecule has 0 aromatic carbocycles. The number of aromatic nitrogens is 2. The highest BCUT2D eigenvalue weighted by Gasteiger charge is 2.13. The van der Waals surface area contributed by atoms with Crippen molar-refractivity contribution in [3.05, 3.63) is 41.7 Å². The largest absolute Gasteiger partial charge is 0.392 e. The molecule has 0 fully saturated rings. The lowest BCUT2D eigenvalue weighted by atomic mass is 10.2. The predicted molar refractivity (Wildman–Crippen MR) is 80.7 cm³/mol. The topological polar surface area (TPSA) is 75.3 Å². The van der Waals surface area contributed by atoms with Crippen molar-refractivity contribution in [1.82, 2.24) is 9.97 Å². The van der Waals surface area contributed by atoms with Gasteiger partial charge in [-0.15, -0.1) is 0 Å². The van der Waals surface area contributed by atoms with Gasteiger partial charge in [-0.2, -0.15) is 0 Å². The first-order valence-electron chi connectivity index (χ1n) is 6.25. The lowest BCUT2D eigenvalue weighted by Crippen LogP contribution is -2.15. The van der Waals surface area contributed by atoms with Gasteiger partial charge in [0, 0.05) is 49.1 Å². The van der Waals surface area contributed by atoms with E-state index in [9.17, 15) is 5.11 Å². The number of nitrogens with zero attached hydrogens (tertiary/aromatic N) is 3. The molecule has 2 rings (SSSR count). The number of pyridine rings is 2. The lowest BCUT2D eigenvalue weighted by Gasteiger charge is -2.18. The Morgan fingerprint density at radius 2 is 2.05 bits per heavy atom. The van der Waals surface area contributed by atoms with E-state index in [1.807, 2.05) is 37.2 Å². The molecule has 0 atom stereocenters. The van der Waals surface area contributed by atoms with E-state index in [2.05, 4.69) is 9.97 Å². The first-order chi connectivity index (χ1) is 9.67. The maximum Gasteiger partial charge on any atom is 0.133 e. The summed E-state index contributed by atoms with van der Waals surface area (Å²) in [4.78, 5) is 11.6. The standard InChI is InChI=1S/C14H18N4OS/c1-18(2)13-11(8-15)12(5-7-16-13)20-14-10(9-19)4-3-6-17-14/h3-7,19H,8-9,15H2,1-2H3. The van der Waals surface area contributed by atoms with E-state index in [-0.39, 0.29) is 6.61 Å². The fourth-order valence-electron chi connectivity index (χ4n) is 1.88. The van der Waals surface area contributed by atoms with Gasteiger partial charge in [0.25, 0.3) is 0 Å². The van der Waals surface area contributed by atoms with Gasteiger partial charge in [-0.3, -0.25) is 0 Å². The molecule has 3 N–H and O–H groups in total. The monoisotopic (exact) mass is 290 g/mol. The van der Waals surface area contributed by atoms with Crippen LogP contribution in [0.3, 0.4) is 0 Å². The van der Waals surface area contributed by atoms with Crippen LogP contribution in [0.2, 0.25) is 0 Å². The minimum atomic E-state index is -0.0280. The van der Waals surface area contributed by atoms with Gasteiger partial charge in [-0.1, -0.05) is 17.8 Å². The third kappa shape index (κ3) is 3.09. The molecule has 2 heterocycles. The van der Waals surface area contributed by atoms with Crippen molar-refractivity contribution in [2.45, 2.75) is 23.1 Å². The molecular weight excluding hydrogens is 272 g/mol. The average Bonchev–Trinajstić information content (AvgIpc) is 2.47. The zero-order valence-electron chi connectivity index (χ0n) is 11.6. The Morgan fingerprint density at radius 1 is 1.25 bits per heavy atom. The molecule has 20 heavy (non-hydrogen) atoms. The molecule has 0 saturated heterocycles. The molecule has 0 bridgehead atoms. The van der Waals surface area contributed by atoms with Crippen LogP contribution in [-0.4, -0.2) is 29.2 Å². The Labute approximate surface area is 122 Å². The van der Waals surface area contributed by atoms with E-state index in [1.54, 1.807) is 12.4 Å². The van der Waals surface area contributed by atoms with E-state index in [4.69, 9.17) is 5.73 Å². The van der Waals surface area contributed by atoms with Crippen molar-refractivity contribution in [3.8, 4) is 0 Å². The number of aliphatic hydroxyl groups excluding tert-OH is 1. The van der Waals surface area contributed by atoms with Crippen LogP contribution in [0.1, 0.15) is 11.1 Å². The number of anilines is 1. The Bertz CT molecular complexity index is 589. The molecule has 0 amide bonds. The summed E-state index contributed by atoms with van der Waals surface area (Å²) >= 11 is 1.50. The molecule has 0 unspecified atom stereocenters. The number of hydrogen-bond donors (Lipinski definition) is 2. The Kier molecular flexibility index (Phi) is 4.94. The second kappa shape index (κ2) is 6.69. The van der Waals surface area contributed by atoms with Crippen molar-refractivity contribution < 1.29 is 5.11 Å². The molecule has 0 radical (unpaired) electrons. The Hall–Kier alpha value is -1.63. The summed E-state index contributed by atoms with van der Waals surface area (Å²) in [5, 5.41) is 10.2. The van der Waals surface area contributed by atoms with Crippen LogP contribution in [0.15, 0.2) is 40.5 Å². The highest BCUT2D eigenvalue weighted by Crippen LogP contribution is 2.34. The smallest absolute Gasteiger partial charge is 0.133 e. The second-order valence-electron chi connectivity index (χ2n) is 4.44. The quantitative estimate of drug-likeness (QED) is 0.872. The molecule has 0 saturated carbocycles. The van der Waals surface area contributed by atoms with Gasteiger partial charge in [0.05, 0.1) is 6.61 Å². The Morgan fingerprint density at radius 3 is 2.70 bits per heavy atom. The summed E-state index contributed by atoms with van der Waals surface area (Å²) in [5.74, 6) is 0.860. The highest BCUT2D eigenvalue weighted by molar-refractivity contribution is 7.99. The van der Waals surface area contributed by atoms with E-state index in [1.165, 1.54) is 11.8 Å². The molecule has 5 nitrogen and oxygen atoms in total. The van der Waals surface area contributed by atoms with Crippen molar-refractivity contribution in [2.24, 2.45) is 5.73 Å². The summed E-state index contributed by atoms with van der Waals surface area (Å²) in [5.41, 5.74) is 7.66. The molecule has 0 aliphatic rings. The van der Waals surface area contributed by atoms with E-state index >= 15 is 0 Å². The zero-order chi connectivity index (χ0) is 14.5. The SMILES string of the molecule is CN(C)c1nccc(Sc2ncccc2CO)c1CN. The number of aliphatic hydroxyl groups is 1. The fraction of sp³-hybridized carbons (Fsp3) is 0.286. The maximum atomic E-state index is 9.37. The fourth-order valence-corrected chi connectivity index (χ4v) is 2.89. The van der Waals surface area contributed by atoms with Crippen LogP contribution in [-0.2, 0) is 13.2 Å². The van der Waals surface area contributed by atoms with Crippen molar-refractivity contribution in [1.29, 1.82) is 0 Å². The zero-order valence-corrected chi connectivity index (χ0v) is 12.4. The first-order valence-corrected chi connectivity index (χ1v) is 7.07. The number of nitrogens with two attached hydrogens (primary N) is 1. The molecule has 0 spiro atoms. The number of rotatable bonds is 5. The lowest BCUT2D eigenvalue weighted by molar-refractivity contribution is 0.278. The van der Waals surface area contributed by atoms with Crippen LogP contribution in [0.25, 0.3) is 0 Å². The molecule has 106 valence electrons. The molecule has 2 aromatic heterocycles. The minimum absolute atomic E-state index is 0.0280. The van der Waals surface area contributed by atoms with Crippen LogP contribution in [0.4, 0.5) is 5.82 Å². The first kappa shape index (κ1) is 14.8. The van der Waals surface area contributed by atoms with Crippen molar-refractivity contribution in [3.63, 3.8) is 0 Å². The van der Waals surface area contributed by atoms with Gasteiger partial charge in [-0.25, -0.2) is 9.97 Å². The molecule has 0 aliphatic heterocycles. The molecule has 6 heteroatoms. The van der Waals surface area contributed by atoms with Crippen molar-refractivity contribution in [2.75, 3.05) is 19.0 Å². The molecular formula is C14H18N4OS. The second-order valence-corrected chi connectivity index (χ2v) is 5.47. The van der Waals surface area contributed by atoms with Crippen LogP contribution < -0.4 is 10.6 Å². The normalized spacial score (nSPS) is 10.6. The summed E-state index contributed by atoms with van der Waals surface area (Å²) in [7, 11) is 3.88. The predicted octanol–water partition coefficient (Wildman–Crippen LogP) is 1.64. The maximum absolute atomic E-state index is 9.37. The van der Waals surface area contributed by atoms with Gasteiger partial charge in [0.1, 0.15) is 10.8 Å². The van der Waals surface area contributed by atoms with E-state index in [0.717, 1.165) is 26.9 Å². The third-order valence-electron chi connectivity index (χ3n) is 2.84. The van der Waals surface area contributed by atoms with Crippen LogP contribution >= 0.6 is 11.8 Å². The van der Waals surface area contributed by atoms with Gasteiger partial charge in [0.15, 0.2) is 0 Å². The van der Waals surface area contributed by atoms with E-state index < -0.39 is 0 Å². The van der Waals surface area contributed by atoms with Gasteiger partial charge in [0.2, 0.25) is 0 Å². The molecule has 0 aliphatic carbocycles. The third-order valence-corrected chi connectivity index (χ3v) is 4.01. The highest BCUT2D eigenvalue weighted by atomic mass is 32.2. The van der Waals surface area contributed by atoms with Gasteiger partial charge in [-0.05, 0) is 12.1 Å². The van der Waals surface area contributed by atoms with Gasteiger partial charge >= 0.3 is 0 Å². The van der Waals surface area contributed by atoms with E-state index in [0.29, 0.717) is 6.54 Å². The van der Waals surface area contributed by atoms with Gasteiger partial charge < -0.3 is 15.7 Å². The Balaban J connectivity index is 2.41. The van der Waals surface area contributed by atoms with Crippen molar-refractivity contribution >= 4 is 17.6 Å². The summed E-state index contributed by atoms with van der Waals surface area (Å²) in [6.07, 6.45) is 3.48. The van der Waals surface area contributed by atoms with Crippen LogP contribution in [0.5, 0.6) is 0 Å². The summed E-state index contributed by atoms with van der Waals surface area (Å²) in [6.45, 7) is 0.380. The minimum Gasteiger partial charge on any atom is -0.392 e.